The van der Waals surface area contributed by atoms with E-state index in [1.165, 1.54) is 17.8 Å². The number of fused-ring (bicyclic) bond motifs is 1. The van der Waals surface area contributed by atoms with E-state index in [4.69, 9.17) is 9.15 Å². The zero-order chi connectivity index (χ0) is 23.7. The summed E-state index contributed by atoms with van der Waals surface area (Å²) >= 11 is 0. The van der Waals surface area contributed by atoms with E-state index in [1.807, 2.05) is 24.3 Å². The van der Waals surface area contributed by atoms with Crippen LogP contribution in [0.25, 0.3) is 22.3 Å². The lowest BCUT2D eigenvalue weighted by molar-refractivity contribution is -0.137. The standard InChI is InChI=1S/C27H25F3N2O2/c1-33-24-12-9-20(18-31-13-15-32(16-14-31)22-5-3-2-4-6-22)23-17-25(34-26(23)24)19-7-10-21(11-8-19)27(28,29)30/h2-12,17H,13-16,18H2,1H3. The average Bonchev–Trinajstić information content (AvgIpc) is 3.31. The van der Waals surface area contributed by atoms with Crippen molar-refractivity contribution < 1.29 is 22.3 Å². The summed E-state index contributed by atoms with van der Waals surface area (Å²) in [5.41, 5.74) is 2.86. The Hall–Kier alpha value is -3.45. The summed E-state index contributed by atoms with van der Waals surface area (Å²) < 4.78 is 50.4. The molecule has 0 amide bonds. The van der Waals surface area contributed by atoms with Crippen LogP contribution in [-0.2, 0) is 12.7 Å². The molecule has 1 aliphatic rings. The molecule has 0 saturated carbocycles. The number of ether oxygens (including phenoxy) is 1. The summed E-state index contributed by atoms with van der Waals surface area (Å²) in [6.45, 7) is 4.53. The quantitative estimate of drug-likeness (QED) is 0.338. The van der Waals surface area contributed by atoms with E-state index in [2.05, 4.69) is 34.1 Å². The number of anilines is 1. The molecule has 1 aromatic heterocycles. The highest BCUT2D eigenvalue weighted by Gasteiger charge is 2.30. The van der Waals surface area contributed by atoms with Gasteiger partial charge < -0.3 is 14.1 Å². The maximum Gasteiger partial charge on any atom is 0.416 e. The fraction of sp³-hybridized carbons (Fsp3) is 0.259. The van der Waals surface area contributed by atoms with Crippen molar-refractivity contribution in [2.75, 3.05) is 38.2 Å². The number of halogens is 3. The second-order valence-corrected chi connectivity index (χ2v) is 8.45. The lowest BCUT2D eigenvalue weighted by Gasteiger charge is -2.36. The van der Waals surface area contributed by atoms with Crippen LogP contribution in [0.1, 0.15) is 11.1 Å². The molecule has 3 aromatic carbocycles. The molecule has 176 valence electrons. The molecule has 4 nitrogen and oxygen atoms in total. The van der Waals surface area contributed by atoms with Gasteiger partial charge in [0.15, 0.2) is 11.3 Å². The van der Waals surface area contributed by atoms with E-state index < -0.39 is 11.7 Å². The van der Waals surface area contributed by atoms with Gasteiger partial charge in [0.05, 0.1) is 12.7 Å². The van der Waals surface area contributed by atoms with Crippen LogP contribution in [0.4, 0.5) is 18.9 Å². The van der Waals surface area contributed by atoms with Gasteiger partial charge >= 0.3 is 6.18 Å². The van der Waals surface area contributed by atoms with E-state index in [9.17, 15) is 13.2 Å². The van der Waals surface area contributed by atoms with Gasteiger partial charge in [-0.1, -0.05) is 36.4 Å². The Bertz CT molecular complexity index is 1260. The molecule has 0 bridgehead atoms. The van der Waals surface area contributed by atoms with Gasteiger partial charge in [0, 0.05) is 49.4 Å². The summed E-state index contributed by atoms with van der Waals surface area (Å²) in [6.07, 6.45) is -4.37. The van der Waals surface area contributed by atoms with Crippen LogP contribution in [-0.4, -0.2) is 38.2 Å². The smallest absolute Gasteiger partial charge is 0.416 e. The van der Waals surface area contributed by atoms with Crippen LogP contribution < -0.4 is 9.64 Å². The Balaban J connectivity index is 1.38. The normalized spacial score (nSPS) is 15.1. The molecule has 1 saturated heterocycles. The lowest BCUT2D eigenvalue weighted by Crippen LogP contribution is -2.45. The molecule has 4 aromatic rings. The molecule has 0 unspecified atom stereocenters. The third-order valence-electron chi connectivity index (χ3n) is 6.34. The highest BCUT2D eigenvalue weighted by Crippen LogP contribution is 2.37. The molecule has 1 fully saturated rings. The molecular weight excluding hydrogens is 441 g/mol. The second-order valence-electron chi connectivity index (χ2n) is 8.45. The molecule has 0 radical (unpaired) electrons. The number of hydrogen-bond donors (Lipinski definition) is 0. The minimum Gasteiger partial charge on any atom is -0.493 e. The number of piperazine rings is 1. The Labute approximate surface area is 196 Å². The number of hydrogen-bond acceptors (Lipinski definition) is 4. The average molecular weight is 467 g/mol. The third-order valence-corrected chi connectivity index (χ3v) is 6.34. The number of methoxy groups -OCH3 is 1. The van der Waals surface area contributed by atoms with Crippen LogP contribution in [0.2, 0.25) is 0 Å². The maximum absolute atomic E-state index is 12.9. The van der Waals surface area contributed by atoms with Crippen molar-refractivity contribution in [1.29, 1.82) is 0 Å². The van der Waals surface area contributed by atoms with Gasteiger partial charge in [-0.2, -0.15) is 13.2 Å². The predicted octanol–water partition coefficient (Wildman–Crippen LogP) is 6.45. The molecule has 0 aliphatic carbocycles. The van der Waals surface area contributed by atoms with Crippen molar-refractivity contribution in [3.8, 4) is 17.1 Å². The van der Waals surface area contributed by atoms with Crippen LogP contribution in [0.3, 0.4) is 0 Å². The zero-order valence-electron chi connectivity index (χ0n) is 18.8. The van der Waals surface area contributed by atoms with Gasteiger partial charge in [-0.05, 0) is 42.0 Å². The van der Waals surface area contributed by atoms with Crippen molar-refractivity contribution in [1.82, 2.24) is 4.90 Å². The van der Waals surface area contributed by atoms with Gasteiger partial charge in [0.25, 0.3) is 0 Å². The minimum atomic E-state index is -4.37. The topological polar surface area (TPSA) is 28.9 Å². The van der Waals surface area contributed by atoms with Crippen LogP contribution in [0.15, 0.2) is 77.2 Å². The van der Waals surface area contributed by atoms with Gasteiger partial charge in [0.2, 0.25) is 0 Å². The van der Waals surface area contributed by atoms with Crippen LogP contribution in [0.5, 0.6) is 5.75 Å². The molecule has 0 spiro atoms. The molecule has 0 atom stereocenters. The Morgan fingerprint density at radius 1 is 0.882 bits per heavy atom. The number of furan rings is 1. The predicted molar refractivity (Wildman–Crippen MR) is 127 cm³/mol. The number of rotatable bonds is 5. The second kappa shape index (κ2) is 9.06. The number of alkyl halides is 3. The van der Waals surface area contributed by atoms with Gasteiger partial charge in [-0.25, -0.2) is 0 Å². The first-order valence-electron chi connectivity index (χ1n) is 11.2. The highest BCUT2D eigenvalue weighted by molar-refractivity contribution is 5.90. The molecule has 1 aliphatic heterocycles. The molecule has 0 N–H and O–H groups in total. The Morgan fingerprint density at radius 2 is 1.59 bits per heavy atom. The Morgan fingerprint density at radius 3 is 2.24 bits per heavy atom. The highest BCUT2D eigenvalue weighted by atomic mass is 19.4. The molecular formula is C27H25F3N2O2. The van der Waals surface area contributed by atoms with Gasteiger partial charge in [-0.15, -0.1) is 0 Å². The van der Waals surface area contributed by atoms with E-state index in [0.717, 1.165) is 55.8 Å². The van der Waals surface area contributed by atoms with Crippen molar-refractivity contribution >= 4 is 16.7 Å². The first-order valence-corrected chi connectivity index (χ1v) is 11.2. The monoisotopic (exact) mass is 466 g/mol. The number of para-hydroxylation sites is 1. The van der Waals surface area contributed by atoms with Crippen LogP contribution >= 0.6 is 0 Å². The van der Waals surface area contributed by atoms with E-state index in [1.54, 1.807) is 7.11 Å². The summed E-state index contributed by atoms with van der Waals surface area (Å²) in [4.78, 5) is 4.80. The van der Waals surface area contributed by atoms with Crippen molar-refractivity contribution in [2.24, 2.45) is 0 Å². The fourth-order valence-corrected chi connectivity index (χ4v) is 4.46. The third kappa shape index (κ3) is 4.48. The first kappa shape index (κ1) is 22.3. The van der Waals surface area contributed by atoms with Gasteiger partial charge in [-0.3, -0.25) is 4.90 Å². The molecule has 2 heterocycles. The molecule has 34 heavy (non-hydrogen) atoms. The lowest BCUT2D eigenvalue weighted by atomic mass is 10.1. The van der Waals surface area contributed by atoms with Crippen LogP contribution in [0, 0.1) is 0 Å². The summed E-state index contributed by atoms with van der Waals surface area (Å²) in [5, 5.41) is 0.916. The van der Waals surface area contributed by atoms with Crippen molar-refractivity contribution in [2.45, 2.75) is 12.7 Å². The SMILES string of the molecule is COc1ccc(CN2CCN(c3ccccc3)CC2)c2cc(-c3ccc(C(F)(F)F)cc3)oc12. The summed E-state index contributed by atoms with van der Waals surface area (Å²) in [5.74, 6) is 1.12. The van der Waals surface area contributed by atoms with Crippen molar-refractivity contribution in [3.63, 3.8) is 0 Å². The van der Waals surface area contributed by atoms with E-state index in [-0.39, 0.29) is 0 Å². The number of nitrogens with zero attached hydrogens (tertiary/aromatic N) is 2. The molecule has 7 heteroatoms. The summed E-state index contributed by atoms with van der Waals surface area (Å²) in [6, 6.07) is 21.3. The largest absolute Gasteiger partial charge is 0.493 e. The van der Waals surface area contributed by atoms with E-state index in [0.29, 0.717) is 22.7 Å². The molecule has 5 rings (SSSR count). The first-order chi connectivity index (χ1) is 16.4. The maximum atomic E-state index is 12.9. The minimum absolute atomic E-state index is 0.517. The fourth-order valence-electron chi connectivity index (χ4n) is 4.46. The van der Waals surface area contributed by atoms with Crippen molar-refractivity contribution in [3.05, 3.63) is 83.9 Å². The Kier molecular flexibility index (Phi) is 5.96. The van der Waals surface area contributed by atoms with E-state index >= 15 is 0 Å². The zero-order valence-corrected chi connectivity index (χ0v) is 18.8. The number of benzene rings is 3. The van der Waals surface area contributed by atoms with Gasteiger partial charge in [0.1, 0.15) is 5.76 Å². The summed E-state index contributed by atoms with van der Waals surface area (Å²) in [7, 11) is 1.58.